The molecule has 0 bridgehead atoms. The summed E-state index contributed by atoms with van der Waals surface area (Å²) in [6, 6.07) is 1.86. The highest BCUT2D eigenvalue weighted by Crippen LogP contribution is 2.00. The van der Waals surface area contributed by atoms with Crippen molar-refractivity contribution >= 4 is 0 Å². The molecule has 0 spiro atoms. The van der Waals surface area contributed by atoms with Crippen LogP contribution < -0.4 is 5.56 Å². The van der Waals surface area contributed by atoms with Crippen molar-refractivity contribution in [2.24, 2.45) is 0 Å². The Morgan fingerprint density at radius 3 is 3.00 bits per heavy atom. The van der Waals surface area contributed by atoms with Crippen LogP contribution >= 0.6 is 0 Å². The van der Waals surface area contributed by atoms with Crippen LogP contribution in [-0.4, -0.2) is 19.5 Å². The van der Waals surface area contributed by atoms with E-state index in [0.29, 0.717) is 0 Å². The van der Waals surface area contributed by atoms with Gasteiger partial charge in [-0.1, -0.05) is 0 Å². The predicted molar refractivity (Wildman–Crippen MR) is 46.7 cm³/mol. The van der Waals surface area contributed by atoms with Gasteiger partial charge in [0.25, 0.3) is 5.56 Å². The number of H-pyrrole nitrogens is 1. The van der Waals surface area contributed by atoms with Gasteiger partial charge in [-0.05, 0) is 0 Å². The third-order valence-electron chi connectivity index (χ3n) is 1.66. The molecule has 2 rings (SSSR count). The fourth-order valence-electron chi connectivity index (χ4n) is 1.07. The Morgan fingerprint density at radius 1 is 1.43 bits per heavy atom. The van der Waals surface area contributed by atoms with E-state index < -0.39 is 0 Å². The third-order valence-corrected chi connectivity index (χ3v) is 1.66. The van der Waals surface area contributed by atoms with Crippen molar-refractivity contribution in [3.8, 4) is 11.9 Å². The largest absolute Gasteiger partial charge is 0.324 e. The van der Waals surface area contributed by atoms with E-state index in [-0.39, 0.29) is 17.2 Å². The molecule has 6 nitrogen and oxygen atoms in total. The molecular weight excluding hydrogens is 182 g/mol. The average molecular weight is 187 g/mol. The maximum atomic E-state index is 11.3. The topological polar surface area (TPSA) is 87.4 Å². The monoisotopic (exact) mass is 187 g/mol. The van der Waals surface area contributed by atoms with Gasteiger partial charge in [0.2, 0.25) is 11.6 Å². The van der Waals surface area contributed by atoms with E-state index in [9.17, 15) is 4.79 Å². The minimum absolute atomic E-state index is 0.134. The van der Waals surface area contributed by atoms with Crippen LogP contribution in [0.4, 0.5) is 0 Å². The van der Waals surface area contributed by atoms with Gasteiger partial charge in [0.15, 0.2) is 0 Å². The molecule has 1 N–H and O–H groups in total. The summed E-state index contributed by atoms with van der Waals surface area (Å²) in [5.41, 5.74) is -0.359. The summed E-state index contributed by atoms with van der Waals surface area (Å²) < 4.78 is 1.33. The van der Waals surface area contributed by atoms with Crippen LogP contribution in [0.2, 0.25) is 0 Å². The second kappa shape index (κ2) is 3.14. The van der Waals surface area contributed by atoms with Crippen LogP contribution in [0.1, 0.15) is 5.82 Å². The van der Waals surface area contributed by atoms with E-state index in [1.807, 2.05) is 6.07 Å². The molecule has 2 heterocycles. The van der Waals surface area contributed by atoms with Gasteiger partial charge in [0.05, 0.1) is 0 Å². The van der Waals surface area contributed by atoms with E-state index in [4.69, 9.17) is 5.26 Å². The van der Waals surface area contributed by atoms with Crippen molar-refractivity contribution in [3.63, 3.8) is 0 Å². The molecule has 0 unspecified atom stereocenters. The molecule has 14 heavy (non-hydrogen) atoms. The van der Waals surface area contributed by atoms with Gasteiger partial charge in [-0.2, -0.15) is 5.26 Å². The third kappa shape index (κ3) is 1.17. The molecule has 2 aromatic heterocycles. The first kappa shape index (κ1) is 8.19. The lowest BCUT2D eigenvalue weighted by Gasteiger charge is -1.98. The Labute approximate surface area is 78.5 Å². The smallest absolute Gasteiger partial charge is 0.291 e. The number of imidazole rings is 1. The first-order valence-corrected chi connectivity index (χ1v) is 3.80. The molecule has 0 fully saturated rings. The number of aromatic amines is 1. The fraction of sp³-hybridized carbons (Fsp3) is 0. The number of nitrogens with zero attached hydrogens (tertiary/aromatic N) is 4. The summed E-state index contributed by atoms with van der Waals surface area (Å²) in [5.74, 6) is 0.274. The number of hydrogen-bond donors (Lipinski definition) is 1. The molecule has 0 aliphatic rings. The minimum atomic E-state index is -0.359. The Bertz CT molecular complexity index is 547. The SMILES string of the molecule is N#Cc1nccn1-c1ncc[nH]c1=O. The molecule has 2 aromatic rings. The van der Waals surface area contributed by atoms with Crippen molar-refractivity contribution in [1.82, 2.24) is 19.5 Å². The molecule has 0 aromatic carbocycles. The van der Waals surface area contributed by atoms with E-state index in [1.54, 1.807) is 0 Å². The zero-order valence-corrected chi connectivity index (χ0v) is 7.01. The van der Waals surface area contributed by atoms with Gasteiger partial charge in [-0.3, -0.25) is 9.36 Å². The lowest BCUT2D eigenvalue weighted by atomic mass is 10.6. The normalized spacial score (nSPS) is 9.64. The summed E-state index contributed by atoms with van der Waals surface area (Å²) in [5, 5.41) is 8.69. The predicted octanol–water partition coefficient (Wildman–Crippen LogP) is -0.173. The zero-order valence-electron chi connectivity index (χ0n) is 7.01. The second-order valence-electron chi connectivity index (χ2n) is 2.47. The summed E-state index contributed by atoms with van der Waals surface area (Å²) >= 11 is 0. The van der Waals surface area contributed by atoms with E-state index >= 15 is 0 Å². The highest BCUT2D eigenvalue weighted by molar-refractivity contribution is 5.26. The van der Waals surface area contributed by atoms with E-state index in [0.717, 1.165) is 0 Å². The van der Waals surface area contributed by atoms with Gasteiger partial charge >= 0.3 is 0 Å². The molecule has 0 saturated carbocycles. The zero-order chi connectivity index (χ0) is 9.97. The second-order valence-corrected chi connectivity index (χ2v) is 2.47. The van der Waals surface area contributed by atoms with E-state index in [1.165, 1.54) is 29.4 Å². The maximum Gasteiger partial charge on any atom is 0.291 e. The molecule has 6 heteroatoms. The quantitative estimate of drug-likeness (QED) is 0.671. The molecule has 0 saturated heterocycles. The number of nitrogens with one attached hydrogen (secondary N) is 1. The maximum absolute atomic E-state index is 11.3. The molecule has 0 amide bonds. The van der Waals surface area contributed by atoms with Crippen LogP contribution in [-0.2, 0) is 0 Å². The van der Waals surface area contributed by atoms with Crippen molar-refractivity contribution in [3.05, 3.63) is 41.0 Å². The fourth-order valence-corrected chi connectivity index (χ4v) is 1.07. The van der Waals surface area contributed by atoms with E-state index in [2.05, 4.69) is 15.0 Å². The minimum Gasteiger partial charge on any atom is -0.324 e. The first-order valence-electron chi connectivity index (χ1n) is 3.80. The lowest BCUT2D eigenvalue weighted by Crippen LogP contribution is -2.16. The van der Waals surface area contributed by atoms with Gasteiger partial charge in [-0.15, -0.1) is 0 Å². The highest BCUT2D eigenvalue weighted by atomic mass is 16.1. The van der Waals surface area contributed by atoms with Crippen LogP contribution in [0.25, 0.3) is 5.82 Å². The summed E-state index contributed by atoms with van der Waals surface area (Å²) in [6.45, 7) is 0. The highest BCUT2D eigenvalue weighted by Gasteiger charge is 2.07. The molecule has 0 aliphatic heterocycles. The number of aromatic nitrogens is 4. The van der Waals surface area contributed by atoms with Crippen molar-refractivity contribution in [2.75, 3.05) is 0 Å². The van der Waals surface area contributed by atoms with Crippen LogP contribution in [0.3, 0.4) is 0 Å². The Hall–Kier alpha value is -2.42. The molecule has 0 atom stereocenters. The summed E-state index contributed by atoms with van der Waals surface area (Å²) in [4.78, 5) is 21.4. The summed E-state index contributed by atoms with van der Waals surface area (Å²) in [7, 11) is 0. The van der Waals surface area contributed by atoms with Crippen LogP contribution in [0, 0.1) is 11.3 Å². The Morgan fingerprint density at radius 2 is 2.29 bits per heavy atom. The first-order chi connectivity index (χ1) is 6.83. The standard InChI is InChI=1S/C8H5N5O/c9-5-6-10-3-4-13(6)7-8(14)12-2-1-11-7/h1-4H,(H,12,14). The number of hydrogen-bond acceptors (Lipinski definition) is 4. The van der Waals surface area contributed by atoms with Gasteiger partial charge < -0.3 is 4.98 Å². The number of rotatable bonds is 1. The van der Waals surface area contributed by atoms with Gasteiger partial charge in [0, 0.05) is 24.8 Å². The van der Waals surface area contributed by atoms with Crippen molar-refractivity contribution in [2.45, 2.75) is 0 Å². The Balaban J connectivity index is 2.68. The number of nitriles is 1. The van der Waals surface area contributed by atoms with Gasteiger partial charge in [0.1, 0.15) is 6.07 Å². The summed E-state index contributed by atoms with van der Waals surface area (Å²) in [6.07, 6.45) is 5.81. The van der Waals surface area contributed by atoms with Crippen molar-refractivity contribution < 1.29 is 0 Å². The van der Waals surface area contributed by atoms with Crippen molar-refractivity contribution in [1.29, 1.82) is 5.26 Å². The van der Waals surface area contributed by atoms with Crippen LogP contribution in [0.5, 0.6) is 0 Å². The average Bonchev–Trinajstić information content (AvgIpc) is 2.66. The molecule has 0 aliphatic carbocycles. The molecule has 68 valence electrons. The molecular formula is C8H5N5O. The molecule has 0 radical (unpaired) electrons. The lowest BCUT2D eigenvalue weighted by molar-refractivity contribution is 0.927. The van der Waals surface area contributed by atoms with Crippen LogP contribution in [0.15, 0.2) is 29.6 Å². The van der Waals surface area contributed by atoms with Gasteiger partial charge in [-0.25, -0.2) is 9.97 Å². The Kier molecular flexibility index (Phi) is 1.84.